The summed E-state index contributed by atoms with van der Waals surface area (Å²) in [6, 6.07) is 4.65. The fraction of sp³-hybridized carbons (Fsp3) is 0.462. The lowest BCUT2D eigenvalue weighted by atomic mass is 10.3. The first-order valence-corrected chi connectivity index (χ1v) is 6.96. The first-order chi connectivity index (χ1) is 8.31. The van der Waals surface area contributed by atoms with E-state index in [1.165, 1.54) is 4.88 Å². The highest BCUT2D eigenvalue weighted by atomic mass is 32.1. The van der Waals surface area contributed by atoms with Gasteiger partial charge < -0.3 is 9.88 Å². The van der Waals surface area contributed by atoms with E-state index in [1.54, 1.807) is 11.3 Å². The topological polar surface area (TPSA) is 29.9 Å². The molecule has 3 nitrogen and oxygen atoms in total. The maximum Gasteiger partial charge on any atom is 0.122 e. The van der Waals surface area contributed by atoms with Crippen molar-refractivity contribution in [1.29, 1.82) is 0 Å². The molecule has 0 aliphatic heterocycles. The highest BCUT2D eigenvalue weighted by molar-refractivity contribution is 7.10. The number of aryl methyl sites for hydroxylation is 1. The van der Waals surface area contributed by atoms with E-state index in [0.717, 1.165) is 25.3 Å². The van der Waals surface area contributed by atoms with Gasteiger partial charge in [0.15, 0.2) is 0 Å². The molecule has 0 amide bonds. The number of thiophene rings is 1. The lowest BCUT2D eigenvalue weighted by molar-refractivity contribution is 0.537. The van der Waals surface area contributed by atoms with Crippen molar-refractivity contribution in [2.45, 2.75) is 39.4 Å². The van der Waals surface area contributed by atoms with Gasteiger partial charge in [0.2, 0.25) is 0 Å². The third-order valence-corrected chi connectivity index (χ3v) is 3.86. The maximum atomic E-state index is 4.39. The molecule has 2 heterocycles. The Bertz CT molecular complexity index is 433. The highest BCUT2D eigenvalue weighted by Crippen LogP contribution is 2.18. The van der Waals surface area contributed by atoms with Crippen LogP contribution in [0.1, 0.15) is 37.0 Å². The molecular formula is C13H19N3S. The molecule has 2 rings (SSSR count). The Balaban J connectivity index is 1.91. The largest absolute Gasteiger partial charge is 0.334 e. The molecular weight excluding hydrogens is 230 g/mol. The monoisotopic (exact) mass is 249 g/mol. The lowest BCUT2D eigenvalue weighted by Crippen LogP contribution is -2.20. The maximum absolute atomic E-state index is 4.39. The minimum absolute atomic E-state index is 0.391. The van der Waals surface area contributed by atoms with Crippen molar-refractivity contribution in [3.8, 4) is 0 Å². The molecule has 0 aliphatic carbocycles. The van der Waals surface area contributed by atoms with Crippen molar-refractivity contribution in [3.63, 3.8) is 0 Å². The van der Waals surface area contributed by atoms with Gasteiger partial charge in [0, 0.05) is 29.9 Å². The van der Waals surface area contributed by atoms with Crippen molar-refractivity contribution >= 4 is 11.3 Å². The molecule has 0 saturated heterocycles. The molecule has 0 spiro atoms. The number of nitrogens with zero attached hydrogens (tertiary/aromatic N) is 2. The molecule has 0 aliphatic rings. The molecule has 0 unspecified atom stereocenters. The standard InChI is InChI=1S/C13H19N3S/c1-3-7-16-8-6-14-13(16)10-15-11(2)12-5-4-9-17-12/h4-6,8-9,11,15H,3,7,10H2,1-2H3/t11-/m0/s1. The van der Waals surface area contributed by atoms with E-state index in [-0.39, 0.29) is 0 Å². The summed E-state index contributed by atoms with van der Waals surface area (Å²) in [6.45, 7) is 6.25. The number of rotatable bonds is 6. The summed E-state index contributed by atoms with van der Waals surface area (Å²) in [4.78, 5) is 5.77. The Morgan fingerprint density at radius 1 is 1.53 bits per heavy atom. The van der Waals surface area contributed by atoms with Crippen LogP contribution in [0.3, 0.4) is 0 Å². The summed E-state index contributed by atoms with van der Waals surface area (Å²) in [5.41, 5.74) is 0. The molecule has 4 heteroatoms. The minimum Gasteiger partial charge on any atom is -0.334 e. The van der Waals surface area contributed by atoms with E-state index >= 15 is 0 Å². The van der Waals surface area contributed by atoms with E-state index < -0.39 is 0 Å². The van der Waals surface area contributed by atoms with Crippen LogP contribution in [-0.4, -0.2) is 9.55 Å². The second-order valence-electron chi connectivity index (χ2n) is 4.15. The minimum atomic E-state index is 0.391. The third-order valence-electron chi connectivity index (χ3n) is 2.80. The van der Waals surface area contributed by atoms with Crippen LogP contribution in [0.4, 0.5) is 0 Å². The fourth-order valence-electron chi connectivity index (χ4n) is 1.83. The molecule has 92 valence electrons. The van der Waals surface area contributed by atoms with Crippen LogP contribution in [0.25, 0.3) is 0 Å². The summed E-state index contributed by atoms with van der Waals surface area (Å²) in [5, 5.41) is 5.63. The van der Waals surface area contributed by atoms with Crippen LogP contribution < -0.4 is 5.32 Å². The predicted molar refractivity (Wildman–Crippen MR) is 72.1 cm³/mol. The Morgan fingerprint density at radius 2 is 2.41 bits per heavy atom. The van der Waals surface area contributed by atoms with E-state index in [9.17, 15) is 0 Å². The van der Waals surface area contributed by atoms with Gasteiger partial charge in [0.25, 0.3) is 0 Å². The van der Waals surface area contributed by atoms with Crippen LogP contribution in [0.15, 0.2) is 29.9 Å². The smallest absolute Gasteiger partial charge is 0.122 e. The lowest BCUT2D eigenvalue weighted by Gasteiger charge is -2.12. The number of hydrogen-bond acceptors (Lipinski definition) is 3. The predicted octanol–water partition coefficient (Wildman–Crippen LogP) is 3.21. The van der Waals surface area contributed by atoms with Crippen LogP contribution in [0, 0.1) is 0 Å². The first-order valence-electron chi connectivity index (χ1n) is 6.08. The van der Waals surface area contributed by atoms with Gasteiger partial charge in [-0.15, -0.1) is 11.3 Å². The molecule has 2 aromatic heterocycles. The third kappa shape index (κ3) is 3.17. The van der Waals surface area contributed by atoms with Crippen molar-refractivity contribution in [1.82, 2.24) is 14.9 Å². The van der Waals surface area contributed by atoms with Gasteiger partial charge in [0.05, 0.1) is 6.54 Å². The average molecular weight is 249 g/mol. The highest BCUT2D eigenvalue weighted by Gasteiger charge is 2.07. The van der Waals surface area contributed by atoms with Gasteiger partial charge >= 0.3 is 0 Å². The second-order valence-corrected chi connectivity index (χ2v) is 5.13. The van der Waals surface area contributed by atoms with E-state index in [2.05, 4.69) is 52.4 Å². The quantitative estimate of drug-likeness (QED) is 0.852. The SMILES string of the molecule is CCCn1ccnc1CN[C@@H](C)c1cccs1. The molecule has 2 aromatic rings. The summed E-state index contributed by atoms with van der Waals surface area (Å²) < 4.78 is 2.22. The molecule has 0 bridgehead atoms. The fourth-order valence-corrected chi connectivity index (χ4v) is 2.59. The van der Waals surface area contributed by atoms with E-state index in [1.807, 2.05) is 6.20 Å². The van der Waals surface area contributed by atoms with Crippen molar-refractivity contribution < 1.29 is 0 Å². The van der Waals surface area contributed by atoms with Crippen LogP contribution in [0.5, 0.6) is 0 Å². The summed E-state index contributed by atoms with van der Waals surface area (Å²) in [6.07, 6.45) is 5.07. The van der Waals surface area contributed by atoms with Gasteiger partial charge in [-0.1, -0.05) is 13.0 Å². The Kier molecular flexibility index (Phi) is 4.34. The molecule has 0 aromatic carbocycles. The van der Waals surface area contributed by atoms with E-state index in [4.69, 9.17) is 0 Å². The second kappa shape index (κ2) is 5.98. The Hall–Kier alpha value is -1.13. The zero-order chi connectivity index (χ0) is 12.1. The van der Waals surface area contributed by atoms with Crippen molar-refractivity contribution in [2.75, 3.05) is 0 Å². The van der Waals surface area contributed by atoms with Crippen LogP contribution in [-0.2, 0) is 13.1 Å². The van der Waals surface area contributed by atoms with Crippen molar-refractivity contribution in [3.05, 3.63) is 40.6 Å². The Labute approximate surface area is 107 Å². The summed E-state index contributed by atoms with van der Waals surface area (Å²) in [5.74, 6) is 1.12. The molecule has 1 N–H and O–H groups in total. The van der Waals surface area contributed by atoms with Crippen LogP contribution in [0.2, 0.25) is 0 Å². The van der Waals surface area contributed by atoms with Gasteiger partial charge in [0.1, 0.15) is 5.82 Å². The number of hydrogen-bond donors (Lipinski definition) is 1. The first kappa shape index (κ1) is 12.3. The van der Waals surface area contributed by atoms with Crippen LogP contribution >= 0.6 is 11.3 Å². The summed E-state index contributed by atoms with van der Waals surface area (Å²) >= 11 is 1.79. The van der Waals surface area contributed by atoms with Crippen molar-refractivity contribution in [2.24, 2.45) is 0 Å². The van der Waals surface area contributed by atoms with Gasteiger partial charge in [-0.2, -0.15) is 0 Å². The molecule has 0 fully saturated rings. The molecule has 1 atom stereocenters. The number of imidazole rings is 1. The van der Waals surface area contributed by atoms with Gasteiger partial charge in [-0.05, 0) is 24.8 Å². The normalized spacial score (nSPS) is 12.8. The van der Waals surface area contributed by atoms with E-state index in [0.29, 0.717) is 6.04 Å². The zero-order valence-corrected chi connectivity index (χ0v) is 11.2. The zero-order valence-electron chi connectivity index (χ0n) is 10.4. The molecule has 0 radical (unpaired) electrons. The molecule has 0 saturated carbocycles. The summed E-state index contributed by atoms with van der Waals surface area (Å²) in [7, 11) is 0. The molecule has 17 heavy (non-hydrogen) atoms. The Morgan fingerprint density at radius 3 is 3.12 bits per heavy atom. The van der Waals surface area contributed by atoms with Gasteiger partial charge in [-0.25, -0.2) is 4.98 Å². The van der Waals surface area contributed by atoms with Gasteiger partial charge in [-0.3, -0.25) is 0 Å². The number of nitrogens with one attached hydrogen (secondary N) is 1. The number of aromatic nitrogens is 2. The average Bonchev–Trinajstić information content (AvgIpc) is 2.97.